The average Bonchev–Trinajstić information content (AvgIpc) is 2.90. The van der Waals surface area contributed by atoms with Gasteiger partial charge in [0.05, 0.1) is 10.6 Å². The van der Waals surface area contributed by atoms with Gasteiger partial charge in [0.25, 0.3) is 10.0 Å². The summed E-state index contributed by atoms with van der Waals surface area (Å²) in [6, 6.07) is 18.2. The van der Waals surface area contributed by atoms with E-state index < -0.39 is 28.5 Å². The molecule has 0 aliphatic heterocycles. The number of benzene rings is 3. The lowest BCUT2D eigenvalue weighted by Gasteiger charge is -2.32. The zero-order chi connectivity index (χ0) is 28.7. The molecular formula is C30H36ClN3O4S. The molecule has 3 aromatic carbocycles. The molecule has 1 N–H and O–H groups in total. The zero-order valence-electron chi connectivity index (χ0n) is 23.1. The van der Waals surface area contributed by atoms with Crippen LogP contribution in [0.1, 0.15) is 42.5 Å². The van der Waals surface area contributed by atoms with Crippen LogP contribution in [0, 0.1) is 20.8 Å². The lowest BCUT2D eigenvalue weighted by atomic mass is 10.1. The fourth-order valence-corrected chi connectivity index (χ4v) is 5.82. The number of carbonyl (C=O) groups excluding carboxylic acids is 2. The van der Waals surface area contributed by atoms with E-state index in [0.717, 1.165) is 27.4 Å². The van der Waals surface area contributed by atoms with Crippen LogP contribution in [-0.2, 0) is 26.2 Å². The van der Waals surface area contributed by atoms with Crippen molar-refractivity contribution in [2.45, 2.75) is 58.5 Å². The zero-order valence-corrected chi connectivity index (χ0v) is 24.6. The highest BCUT2D eigenvalue weighted by molar-refractivity contribution is 7.92. The molecule has 0 spiro atoms. The smallest absolute Gasteiger partial charge is 0.264 e. The first-order valence-electron chi connectivity index (χ1n) is 12.9. The van der Waals surface area contributed by atoms with Gasteiger partial charge in [0.2, 0.25) is 11.8 Å². The molecule has 0 bridgehead atoms. The minimum atomic E-state index is -4.15. The van der Waals surface area contributed by atoms with Crippen molar-refractivity contribution in [3.8, 4) is 0 Å². The van der Waals surface area contributed by atoms with Gasteiger partial charge in [-0.2, -0.15) is 0 Å². The van der Waals surface area contributed by atoms with Gasteiger partial charge in [-0.25, -0.2) is 8.42 Å². The summed E-state index contributed by atoms with van der Waals surface area (Å²) in [5, 5.41) is 3.19. The molecule has 9 heteroatoms. The summed E-state index contributed by atoms with van der Waals surface area (Å²) < 4.78 is 29.0. The Morgan fingerprint density at radius 3 is 2.28 bits per heavy atom. The standard InChI is InChI=1S/C30H36ClN3O4S/c1-6-16-32-30(36)24(5)33(19-25-9-7-8-22(3)17-25)29(35)20-34(28-18-26(31)13-12-23(28)4)39(37,38)27-14-10-21(2)11-15-27/h7-15,17-18,24H,6,16,19-20H2,1-5H3,(H,32,36)/t24-/m1/s1. The number of carbonyl (C=O) groups is 2. The summed E-state index contributed by atoms with van der Waals surface area (Å²) in [6.07, 6.45) is 0.751. The molecule has 0 fully saturated rings. The summed E-state index contributed by atoms with van der Waals surface area (Å²) in [6.45, 7) is 9.30. The van der Waals surface area contributed by atoms with E-state index in [1.807, 2.05) is 45.0 Å². The number of halogens is 1. The molecule has 3 rings (SSSR count). The fraction of sp³-hybridized carbons (Fsp3) is 0.333. The quantitative estimate of drug-likeness (QED) is 0.335. The van der Waals surface area contributed by atoms with Crippen molar-refractivity contribution in [3.05, 3.63) is 94.0 Å². The van der Waals surface area contributed by atoms with E-state index in [9.17, 15) is 18.0 Å². The molecule has 0 aliphatic rings. The molecule has 0 saturated carbocycles. The van der Waals surface area contributed by atoms with E-state index >= 15 is 0 Å². The third-order valence-corrected chi connectivity index (χ3v) is 8.49. The summed E-state index contributed by atoms with van der Waals surface area (Å²) >= 11 is 6.27. The topological polar surface area (TPSA) is 86.8 Å². The number of amides is 2. The second kappa shape index (κ2) is 13.1. The molecule has 0 radical (unpaired) electrons. The number of nitrogens with zero attached hydrogens (tertiary/aromatic N) is 2. The fourth-order valence-electron chi connectivity index (χ4n) is 4.19. The Kier molecular flexibility index (Phi) is 10.2. The number of rotatable bonds is 11. The number of nitrogens with one attached hydrogen (secondary N) is 1. The van der Waals surface area contributed by atoms with E-state index in [1.54, 1.807) is 38.1 Å². The van der Waals surface area contributed by atoms with Crippen molar-refractivity contribution in [3.63, 3.8) is 0 Å². The van der Waals surface area contributed by atoms with Gasteiger partial charge in [-0.15, -0.1) is 0 Å². The molecular weight excluding hydrogens is 534 g/mol. The van der Waals surface area contributed by atoms with Crippen LogP contribution in [0.4, 0.5) is 5.69 Å². The second-order valence-corrected chi connectivity index (χ2v) is 12.0. The van der Waals surface area contributed by atoms with Gasteiger partial charge in [0.15, 0.2) is 0 Å². The van der Waals surface area contributed by atoms with E-state index in [4.69, 9.17) is 11.6 Å². The molecule has 0 saturated heterocycles. The molecule has 39 heavy (non-hydrogen) atoms. The number of aryl methyl sites for hydroxylation is 3. The molecule has 0 aliphatic carbocycles. The Balaban J connectivity index is 2.06. The summed E-state index contributed by atoms with van der Waals surface area (Å²) in [5.74, 6) is -0.810. The SMILES string of the molecule is CCCNC(=O)[C@@H](C)N(Cc1cccc(C)c1)C(=O)CN(c1cc(Cl)ccc1C)S(=O)(=O)c1ccc(C)cc1. The summed E-state index contributed by atoms with van der Waals surface area (Å²) in [4.78, 5) is 28.4. The van der Waals surface area contributed by atoms with Crippen molar-refractivity contribution >= 4 is 39.1 Å². The molecule has 0 aromatic heterocycles. The molecule has 0 unspecified atom stereocenters. The van der Waals surface area contributed by atoms with Crippen LogP contribution in [0.25, 0.3) is 0 Å². The highest BCUT2D eigenvalue weighted by atomic mass is 35.5. The third kappa shape index (κ3) is 7.61. The Morgan fingerprint density at radius 1 is 0.949 bits per heavy atom. The van der Waals surface area contributed by atoms with Gasteiger partial charge in [-0.1, -0.05) is 72.1 Å². The van der Waals surface area contributed by atoms with Crippen LogP contribution < -0.4 is 9.62 Å². The van der Waals surface area contributed by atoms with E-state index in [1.165, 1.54) is 23.1 Å². The van der Waals surface area contributed by atoms with Gasteiger partial charge in [-0.3, -0.25) is 13.9 Å². The first-order valence-corrected chi connectivity index (χ1v) is 14.7. The first kappa shape index (κ1) is 30.2. The number of hydrogen-bond acceptors (Lipinski definition) is 4. The largest absolute Gasteiger partial charge is 0.354 e. The van der Waals surface area contributed by atoms with Crippen LogP contribution in [0.15, 0.2) is 71.6 Å². The van der Waals surface area contributed by atoms with Crippen LogP contribution in [-0.4, -0.2) is 44.3 Å². The molecule has 208 valence electrons. The highest BCUT2D eigenvalue weighted by Gasteiger charge is 2.33. The Labute approximate surface area is 236 Å². The summed E-state index contributed by atoms with van der Waals surface area (Å²) in [5.41, 5.74) is 3.70. The maximum absolute atomic E-state index is 14.0. The van der Waals surface area contributed by atoms with Crippen molar-refractivity contribution < 1.29 is 18.0 Å². The highest BCUT2D eigenvalue weighted by Crippen LogP contribution is 2.30. The van der Waals surface area contributed by atoms with Crippen LogP contribution in [0.2, 0.25) is 5.02 Å². The Bertz CT molecular complexity index is 1420. The monoisotopic (exact) mass is 569 g/mol. The van der Waals surface area contributed by atoms with E-state index in [0.29, 0.717) is 22.8 Å². The predicted molar refractivity (Wildman–Crippen MR) is 156 cm³/mol. The molecule has 0 heterocycles. The van der Waals surface area contributed by atoms with Crippen LogP contribution in [0.3, 0.4) is 0 Å². The molecule has 1 atom stereocenters. The first-order chi connectivity index (χ1) is 18.4. The third-order valence-electron chi connectivity index (χ3n) is 6.48. The van der Waals surface area contributed by atoms with Gasteiger partial charge < -0.3 is 10.2 Å². The van der Waals surface area contributed by atoms with Gasteiger partial charge in [0, 0.05) is 18.1 Å². The minimum Gasteiger partial charge on any atom is -0.354 e. The number of anilines is 1. The Morgan fingerprint density at radius 2 is 1.64 bits per heavy atom. The average molecular weight is 570 g/mol. The minimum absolute atomic E-state index is 0.0549. The maximum Gasteiger partial charge on any atom is 0.264 e. The van der Waals surface area contributed by atoms with Gasteiger partial charge in [0.1, 0.15) is 12.6 Å². The Hall–Kier alpha value is -3.36. The van der Waals surface area contributed by atoms with Gasteiger partial charge in [-0.05, 0) is 69.5 Å². The summed E-state index contributed by atoms with van der Waals surface area (Å²) in [7, 11) is -4.15. The van der Waals surface area contributed by atoms with Gasteiger partial charge >= 0.3 is 0 Å². The second-order valence-electron chi connectivity index (χ2n) is 9.73. The van der Waals surface area contributed by atoms with Crippen LogP contribution in [0.5, 0.6) is 0 Å². The lowest BCUT2D eigenvalue weighted by molar-refractivity contribution is -0.139. The van der Waals surface area contributed by atoms with Crippen molar-refractivity contribution in [2.75, 3.05) is 17.4 Å². The molecule has 7 nitrogen and oxygen atoms in total. The maximum atomic E-state index is 14.0. The normalized spacial score (nSPS) is 12.1. The number of hydrogen-bond donors (Lipinski definition) is 1. The predicted octanol–water partition coefficient (Wildman–Crippen LogP) is 5.40. The van der Waals surface area contributed by atoms with Crippen molar-refractivity contribution in [2.24, 2.45) is 0 Å². The van der Waals surface area contributed by atoms with E-state index in [-0.39, 0.29) is 17.3 Å². The van der Waals surface area contributed by atoms with Crippen molar-refractivity contribution in [1.82, 2.24) is 10.2 Å². The lowest BCUT2D eigenvalue weighted by Crippen LogP contribution is -2.51. The van der Waals surface area contributed by atoms with Crippen LogP contribution >= 0.6 is 11.6 Å². The molecule has 3 aromatic rings. The molecule has 2 amide bonds. The number of sulfonamides is 1. The van der Waals surface area contributed by atoms with Crippen molar-refractivity contribution in [1.29, 1.82) is 0 Å². The van der Waals surface area contributed by atoms with E-state index in [2.05, 4.69) is 5.32 Å².